The molecule has 0 radical (unpaired) electrons. The summed E-state index contributed by atoms with van der Waals surface area (Å²) < 4.78 is 0. The normalized spacial score (nSPS) is 27.1. The van der Waals surface area contributed by atoms with Gasteiger partial charge >= 0.3 is 0 Å². The number of allylic oxidation sites excluding steroid dienone is 1. The van der Waals surface area contributed by atoms with Crippen molar-refractivity contribution < 1.29 is 4.79 Å². The van der Waals surface area contributed by atoms with Gasteiger partial charge in [-0.05, 0) is 0 Å². The van der Waals surface area contributed by atoms with Gasteiger partial charge in [-0.3, -0.25) is 9.79 Å². The summed E-state index contributed by atoms with van der Waals surface area (Å²) in [5.74, 6) is -0.368. The highest BCUT2D eigenvalue weighted by Crippen LogP contribution is 2.15. The fourth-order valence-corrected chi connectivity index (χ4v) is 1.24. The molecule has 0 spiro atoms. The summed E-state index contributed by atoms with van der Waals surface area (Å²) in [6, 6.07) is -0.382. The Morgan fingerprint density at radius 2 is 2.64 bits per heavy atom. The second kappa shape index (κ2) is 2.06. The molecule has 5 nitrogen and oxygen atoms in total. The number of nitrogens with two attached hydrogens (primary N) is 1. The van der Waals surface area contributed by atoms with Gasteiger partial charge < -0.3 is 11.2 Å². The third-order valence-electron chi connectivity index (χ3n) is 1.81. The van der Waals surface area contributed by atoms with Crippen molar-refractivity contribution in [3.8, 4) is 0 Å². The van der Waals surface area contributed by atoms with Crippen LogP contribution in [0.5, 0.6) is 0 Å². The second-order valence-corrected chi connectivity index (χ2v) is 2.51. The molecule has 0 saturated carbocycles. The molecule has 1 atom stereocenters. The molecule has 2 aliphatic rings. The van der Waals surface area contributed by atoms with Crippen LogP contribution in [0.25, 0.3) is 0 Å². The molecule has 0 bridgehead atoms. The molecule has 0 aromatic heterocycles. The molecular formula is C6H8N4O. The first-order valence-electron chi connectivity index (χ1n) is 3.33. The number of rotatable bonds is 1. The molecule has 0 fully saturated rings. The van der Waals surface area contributed by atoms with Crippen LogP contribution in [0.2, 0.25) is 0 Å². The summed E-state index contributed by atoms with van der Waals surface area (Å²) in [6.07, 6.45) is 1.70. The molecular weight excluding hydrogens is 144 g/mol. The van der Waals surface area contributed by atoms with Gasteiger partial charge in [0.25, 0.3) is 0 Å². The molecule has 0 aliphatic carbocycles. The summed E-state index contributed by atoms with van der Waals surface area (Å²) in [7, 11) is 0. The number of hydrogen-bond donors (Lipinski definition) is 3. The van der Waals surface area contributed by atoms with E-state index in [0.29, 0.717) is 6.54 Å². The van der Waals surface area contributed by atoms with Crippen molar-refractivity contribution in [1.29, 1.82) is 0 Å². The lowest BCUT2D eigenvalue weighted by atomic mass is 10.1. The van der Waals surface area contributed by atoms with Gasteiger partial charge in [-0.2, -0.15) is 0 Å². The van der Waals surface area contributed by atoms with Crippen molar-refractivity contribution in [2.45, 2.75) is 6.04 Å². The van der Waals surface area contributed by atoms with Crippen LogP contribution in [0.15, 0.2) is 16.3 Å². The average molecular weight is 152 g/mol. The maximum Gasteiger partial charge on any atom is 0.240 e. The van der Waals surface area contributed by atoms with Crippen LogP contribution >= 0.6 is 0 Å². The van der Waals surface area contributed by atoms with Gasteiger partial charge in [0.15, 0.2) is 0 Å². The van der Waals surface area contributed by atoms with Crippen molar-refractivity contribution in [2.75, 3.05) is 6.54 Å². The lowest BCUT2D eigenvalue weighted by Crippen LogP contribution is -2.43. The Hall–Kier alpha value is -1.36. The number of nitrogens with zero attached hydrogens (tertiary/aromatic N) is 1. The maximum absolute atomic E-state index is 10.8. The van der Waals surface area contributed by atoms with Crippen LogP contribution in [0.4, 0.5) is 0 Å². The number of hydrogen-bond acceptors (Lipinski definition) is 4. The Kier molecular flexibility index (Phi) is 1.19. The Bertz CT molecular complexity index is 268. The third kappa shape index (κ3) is 0.813. The lowest BCUT2D eigenvalue weighted by Gasteiger charge is -2.07. The number of carbonyl (C=O) groups is 1. The quantitative estimate of drug-likeness (QED) is 0.418. The van der Waals surface area contributed by atoms with Crippen LogP contribution in [0.3, 0.4) is 0 Å². The zero-order valence-corrected chi connectivity index (χ0v) is 5.79. The minimum atomic E-state index is -0.382. The molecule has 4 N–H and O–H groups in total. The fourth-order valence-electron chi connectivity index (χ4n) is 1.24. The molecule has 58 valence electrons. The van der Waals surface area contributed by atoms with E-state index in [-0.39, 0.29) is 11.9 Å². The van der Waals surface area contributed by atoms with E-state index in [9.17, 15) is 4.79 Å². The summed E-state index contributed by atoms with van der Waals surface area (Å²) >= 11 is 0. The smallest absolute Gasteiger partial charge is 0.240 e. The zero-order chi connectivity index (χ0) is 7.84. The number of hydrazine groups is 1. The van der Waals surface area contributed by atoms with Gasteiger partial charge in [-0.15, -0.1) is 0 Å². The molecule has 11 heavy (non-hydrogen) atoms. The number of carbonyl (C=O) groups excluding carboxylic acids is 1. The average Bonchev–Trinajstić information content (AvgIpc) is 2.41. The molecule has 0 saturated heterocycles. The predicted molar refractivity (Wildman–Crippen MR) is 39.6 cm³/mol. The summed E-state index contributed by atoms with van der Waals surface area (Å²) in [5, 5.41) is 0. The Morgan fingerprint density at radius 3 is 3.36 bits per heavy atom. The highest BCUT2D eigenvalue weighted by molar-refractivity contribution is 5.91. The van der Waals surface area contributed by atoms with E-state index in [1.54, 1.807) is 6.21 Å². The molecule has 0 aromatic rings. The molecule has 0 aromatic carbocycles. The number of nitrogens with one attached hydrogen (secondary N) is 2. The topological polar surface area (TPSA) is 79.5 Å². The first-order chi connectivity index (χ1) is 5.29. The Balaban J connectivity index is 2.25. The van der Waals surface area contributed by atoms with Crippen molar-refractivity contribution >= 4 is 12.1 Å². The monoisotopic (exact) mass is 152 g/mol. The van der Waals surface area contributed by atoms with E-state index in [2.05, 4.69) is 15.8 Å². The number of primary amides is 1. The van der Waals surface area contributed by atoms with Crippen molar-refractivity contribution in [1.82, 2.24) is 10.9 Å². The van der Waals surface area contributed by atoms with E-state index in [4.69, 9.17) is 5.73 Å². The van der Waals surface area contributed by atoms with Crippen LogP contribution in [0.1, 0.15) is 0 Å². The molecule has 1 unspecified atom stereocenters. The van der Waals surface area contributed by atoms with Gasteiger partial charge in [-0.25, -0.2) is 5.43 Å². The van der Waals surface area contributed by atoms with Crippen molar-refractivity contribution in [3.63, 3.8) is 0 Å². The van der Waals surface area contributed by atoms with E-state index in [1.165, 1.54) is 0 Å². The van der Waals surface area contributed by atoms with E-state index >= 15 is 0 Å². The van der Waals surface area contributed by atoms with Crippen LogP contribution in [-0.2, 0) is 4.79 Å². The summed E-state index contributed by atoms with van der Waals surface area (Å²) in [4.78, 5) is 14.8. The first kappa shape index (κ1) is 6.36. The maximum atomic E-state index is 10.8. The predicted octanol–water partition coefficient (Wildman–Crippen LogP) is -1.71. The Labute approximate surface area is 63.3 Å². The standard InChI is InChI=1S/C6H8N4O/c7-6(11)5-3-1-8-2-4(3)9-10-5/h2,5,9-10H,1H2,(H2,7,11). The fraction of sp³-hybridized carbons (Fsp3) is 0.333. The van der Waals surface area contributed by atoms with Gasteiger partial charge in [0.2, 0.25) is 5.91 Å². The second-order valence-electron chi connectivity index (χ2n) is 2.51. The van der Waals surface area contributed by atoms with Gasteiger partial charge in [0.1, 0.15) is 6.04 Å². The van der Waals surface area contributed by atoms with Crippen molar-refractivity contribution in [2.24, 2.45) is 10.7 Å². The Morgan fingerprint density at radius 1 is 1.82 bits per heavy atom. The summed E-state index contributed by atoms with van der Waals surface area (Å²) in [5.41, 5.74) is 12.5. The van der Waals surface area contributed by atoms with E-state index in [1.807, 2.05) is 0 Å². The number of amides is 1. The van der Waals surface area contributed by atoms with Gasteiger partial charge in [-0.1, -0.05) is 0 Å². The molecule has 2 heterocycles. The third-order valence-corrected chi connectivity index (χ3v) is 1.81. The van der Waals surface area contributed by atoms with Crippen LogP contribution in [-0.4, -0.2) is 24.7 Å². The van der Waals surface area contributed by atoms with Gasteiger partial charge in [0.05, 0.1) is 12.2 Å². The largest absolute Gasteiger partial charge is 0.368 e. The minimum Gasteiger partial charge on any atom is -0.368 e. The van der Waals surface area contributed by atoms with Crippen LogP contribution < -0.4 is 16.6 Å². The number of aliphatic imine (C=N–C) groups is 1. The van der Waals surface area contributed by atoms with Crippen molar-refractivity contribution in [3.05, 3.63) is 11.3 Å². The molecule has 5 heteroatoms. The lowest BCUT2D eigenvalue weighted by molar-refractivity contribution is -0.119. The minimum absolute atomic E-state index is 0.368. The molecule has 1 amide bonds. The zero-order valence-electron chi connectivity index (χ0n) is 5.79. The highest BCUT2D eigenvalue weighted by atomic mass is 16.1. The van der Waals surface area contributed by atoms with Crippen LogP contribution in [0, 0.1) is 0 Å². The van der Waals surface area contributed by atoms with Gasteiger partial charge in [0, 0.05) is 11.8 Å². The summed E-state index contributed by atoms with van der Waals surface area (Å²) in [6.45, 7) is 0.572. The van der Waals surface area contributed by atoms with E-state index < -0.39 is 0 Å². The highest BCUT2D eigenvalue weighted by Gasteiger charge is 2.30. The SMILES string of the molecule is NC(=O)C1NNC2=C1CN=C2. The first-order valence-corrected chi connectivity index (χ1v) is 3.33. The van der Waals surface area contributed by atoms with E-state index in [0.717, 1.165) is 11.3 Å². The molecule has 2 aliphatic heterocycles. The molecule has 2 rings (SSSR count).